The first-order chi connectivity index (χ1) is 13.1. The molecule has 8 heteroatoms. The number of sulfonamides is 1. The Hall–Kier alpha value is -2.19. The number of nitrogens with one attached hydrogen (secondary N) is 1. The third-order valence-electron chi connectivity index (χ3n) is 5.34. The first kappa shape index (κ1) is 20.5. The Kier molecular flexibility index (Phi) is 5.90. The van der Waals surface area contributed by atoms with E-state index >= 15 is 0 Å². The van der Waals surface area contributed by atoms with E-state index in [2.05, 4.69) is 35.5 Å². The third kappa shape index (κ3) is 4.62. The summed E-state index contributed by atoms with van der Waals surface area (Å²) in [5, 5.41) is 7.62. The molecule has 0 atom stereocenters. The number of carbonyl (C=O) groups excluding carboxylic acids is 1. The van der Waals surface area contributed by atoms with E-state index in [1.807, 2.05) is 24.6 Å². The van der Waals surface area contributed by atoms with Crippen LogP contribution in [0.25, 0.3) is 0 Å². The molecule has 0 spiro atoms. The summed E-state index contributed by atoms with van der Waals surface area (Å²) in [5.74, 6) is -0.244. The molecule has 1 saturated heterocycles. The number of nitrogens with zero attached hydrogens (tertiary/aromatic N) is 3. The van der Waals surface area contributed by atoms with Gasteiger partial charge in [-0.2, -0.15) is 5.10 Å². The average Bonchev–Trinajstić information content (AvgIpc) is 2.88. The van der Waals surface area contributed by atoms with E-state index in [-0.39, 0.29) is 11.8 Å². The summed E-state index contributed by atoms with van der Waals surface area (Å²) >= 11 is 0. The number of hydrogen-bond acceptors (Lipinski definition) is 4. The molecule has 0 bridgehead atoms. The zero-order valence-electron chi connectivity index (χ0n) is 16.9. The SMILES string of the molecule is Cc1cccc(Cn2nc(C)c(NC(=O)C3CCN(S(C)(=O)=O)CC3)c2C)c1. The van der Waals surface area contributed by atoms with Crippen LogP contribution in [-0.4, -0.2) is 47.8 Å². The highest BCUT2D eigenvalue weighted by molar-refractivity contribution is 7.88. The fourth-order valence-electron chi connectivity index (χ4n) is 3.69. The smallest absolute Gasteiger partial charge is 0.227 e. The van der Waals surface area contributed by atoms with Crippen molar-refractivity contribution in [3.8, 4) is 0 Å². The van der Waals surface area contributed by atoms with Crippen molar-refractivity contribution in [2.75, 3.05) is 24.7 Å². The molecule has 0 saturated carbocycles. The summed E-state index contributed by atoms with van der Waals surface area (Å²) < 4.78 is 26.6. The Labute approximate surface area is 166 Å². The maximum Gasteiger partial charge on any atom is 0.227 e. The van der Waals surface area contributed by atoms with Crippen LogP contribution in [0.3, 0.4) is 0 Å². The number of amides is 1. The summed E-state index contributed by atoms with van der Waals surface area (Å²) in [6.07, 6.45) is 2.28. The Morgan fingerprint density at radius 3 is 2.50 bits per heavy atom. The summed E-state index contributed by atoms with van der Waals surface area (Å²) in [6, 6.07) is 8.29. The van der Waals surface area contributed by atoms with E-state index in [9.17, 15) is 13.2 Å². The molecule has 1 fully saturated rings. The van der Waals surface area contributed by atoms with E-state index in [0.29, 0.717) is 32.5 Å². The quantitative estimate of drug-likeness (QED) is 0.830. The van der Waals surface area contributed by atoms with Crippen LogP contribution in [0.15, 0.2) is 24.3 Å². The van der Waals surface area contributed by atoms with E-state index < -0.39 is 10.0 Å². The van der Waals surface area contributed by atoms with Gasteiger partial charge in [-0.15, -0.1) is 0 Å². The van der Waals surface area contributed by atoms with Gasteiger partial charge in [-0.25, -0.2) is 12.7 Å². The summed E-state index contributed by atoms with van der Waals surface area (Å²) in [5.41, 5.74) is 4.82. The Bertz CT molecular complexity index is 973. The number of aromatic nitrogens is 2. The van der Waals surface area contributed by atoms with Crippen LogP contribution in [0.1, 0.15) is 35.4 Å². The molecule has 28 heavy (non-hydrogen) atoms. The normalized spacial score (nSPS) is 16.3. The molecule has 7 nitrogen and oxygen atoms in total. The lowest BCUT2D eigenvalue weighted by atomic mass is 9.97. The van der Waals surface area contributed by atoms with Crippen molar-refractivity contribution in [2.24, 2.45) is 5.92 Å². The number of anilines is 1. The lowest BCUT2D eigenvalue weighted by molar-refractivity contribution is -0.120. The van der Waals surface area contributed by atoms with E-state index in [1.54, 1.807) is 0 Å². The number of aryl methyl sites for hydroxylation is 2. The Morgan fingerprint density at radius 2 is 1.89 bits per heavy atom. The fourth-order valence-corrected chi connectivity index (χ4v) is 4.56. The molecule has 3 rings (SSSR count). The third-order valence-corrected chi connectivity index (χ3v) is 6.64. The predicted molar refractivity (Wildman–Crippen MR) is 110 cm³/mol. The van der Waals surface area contributed by atoms with Crippen molar-refractivity contribution in [3.05, 3.63) is 46.8 Å². The maximum absolute atomic E-state index is 12.7. The minimum absolute atomic E-state index is 0.0607. The number of piperidine rings is 1. The summed E-state index contributed by atoms with van der Waals surface area (Å²) in [4.78, 5) is 12.7. The second-order valence-electron chi connectivity index (χ2n) is 7.62. The molecular formula is C20H28N4O3S. The molecule has 0 radical (unpaired) electrons. The van der Waals surface area contributed by atoms with Gasteiger partial charge in [-0.3, -0.25) is 9.48 Å². The van der Waals surface area contributed by atoms with Crippen LogP contribution < -0.4 is 5.32 Å². The first-order valence-electron chi connectivity index (χ1n) is 9.50. The largest absolute Gasteiger partial charge is 0.323 e. The van der Waals surface area contributed by atoms with Crippen molar-refractivity contribution < 1.29 is 13.2 Å². The number of carbonyl (C=O) groups is 1. The monoisotopic (exact) mass is 404 g/mol. The zero-order chi connectivity index (χ0) is 20.5. The summed E-state index contributed by atoms with van der Waals surface area (Å²) in [6.45, 7) is 7.34. The maximum atomic E-state index is 12.7. The van der Waals surface area contributed by atoms with E-state index in [1.165, 1.54) is 16.1 Å². The molecule has 0 aliphatic carbocycles. The number of benzene rings is 1. The number of hydrogen-bond donors (Lipinski definition) is 1. The molecule has 1 aliphatic rings. The van der Waals surface area contributed by atoms with Gasteiger partial charge in [-0.05, 0) is 39.2 Å². The predicted octanol–water partition coefficient (Wildman–Crippen LogP) is 2.47. The fraction of sp³-hybridized carbons (Fsp3) is 0.500. The second-order valence-corrected chi connectivity index (χ2v) is 9.60. The van der Waals surface area contributed by atoms with Crippen molar-refractivity contribution in [1.29, 1.82) is 0 Å². The van der Waals surface area contributed by atoms with Gasteiger partial charge in [0, 0.05) is 19.0 Å². The van der Waals surface area contributed by atoms with Crippen molar-refractivity contribution >= 4 is 21.6 Å². The Morgan fingerprint density at radius 1 is 1.21 bits per heavy atom. The molecule has 1 aliphatic heterocycles. The molecular weight excluding hydrogens is 376 g/mol. The van der Waals surface area contributed by atoms with E-state index in [4.69, 9.17) is 0 Å². The van der Waals surface area contributed by atoms with Crippen LogP contribution in [-0.2, 0) is 21.4 Å². The first-order valence-corrected chi connectivity index (χ1v) is 11.4. The van der Waals surface area contributed by atoms with E-state index in [0.717, 1.165) is 22.6 Å². The van der Waals surface area contributed by atoms with Crippen molar-refractivity contribution in [2.45, 2.75) is 40.2 Å². The van der Waals surface area contributed by atoms with Gasteiger partial charge in [0.15, 0.2) is 0 Å². The minimum atomic E-state index is -3.19. The second kappa shape index (κ2) is 8.05. The molecule has 1 aromatic heterocycles. The molecule has 2 heterocycles. The molecule has 1 N–H and O–H groups in total. The molecule has 0 unspecified atom stereocenters. The van der Waals surface area contributed by atoms with Gasteiger partial charge >= 0.3 is 0 Å². The standard InChI is InChI=1S/C20H28N4O3S/c1-14-6-5-7-17(12-14)13-24-16(3)19(15(2)22-24)21-20(25)18-8-10-23(11-9-18)28(4,26)27/h5-7,12,18H,8-11,13H2,1-4H3,(H,21,25). The van der Waals surface area contributed by atoms with Gasteiger partial charge in [0.05, 0.1) is 29.9 Å². The molecule has 1 aromatic carbocycles. The molecule has 1 amide bonds. The van der Waals surface area contributed by atoms with Crippen LogP contribution in [0, 0.1) is 26.7 Å². The van der Waals surface area contributed by atoms with Gasteiger partial charge in [-0.1, -0.05) is 29.8 Å². The van der Waals surface area contributed by atoms with Gasteiger partial charge < -0.3 is 5.32 Å². The topological polar surface area (TPSA) is 84.3 Å². The van der Waals surface area contributed by atoms with Gasteiger partial charge in [0.1, 0.15) is 0 Å². The Balaban J connectivity index is 1.68. The van der Waals surface area contributed by atoms with Crippen LogP contribution in [0.5, 0.6) is 0 Å². The molecule has 2 aromatic rings. The van der Waals surface area contributed by atoms with Crippen LogP contribution in [0.4, 0.5) is 5.69 Å². The highest BCUT2D eigenvalue weighted by atomic mass is 32.2. The van der Waals surface area contributed by atoms with Gasteiger partial charge in [0.2, 0.25) is 15.9 Å². The molecule has 152 valence electrons. The van der Waals surface area contributed by atoms with Crippen LogP contribution in [0.2, 0.25) is 0 Å². The highest BCUT2D eigenvalue weighted by Crippen LogP contribution is 2.25. The average molecular weight is 405 g/mol. The zero-order valence-corrected chi connectivity index (χ0v) is 17.7. The number of rotatable bonds is 5. The van der Waals surface area contributed by atoms with Crippen molar-refractivity contribution in [1.82, 2.24) is 14.1 Å². The van der Waals surface area contributed by atoms with Crippen LogP contribution >= 0.6 is 0 Å². The lowest BCUT2D eigenvalue weighted by Crippen LogP contribution is -2.41. The lowest BCUT2D eigenvalue weighted by Gasteiger charge is -2.29. The van der Waals surface area contributed by atoms with Gasteiger partial charge in [0.25, 0.3) is 0 Å². The minimum Gasteiger partial charge on any atom is -0.323 e. The summed E-state index contributed by atoms with van der Waals surface area (Å²) in [7, 11) is -3.19. The highest BCUT2D eigenvalue weighted by Gasteiger charge is 2.29. The van der Waals surface area contributed by atoms with Crippen molar-refractivity contribution in [3.63, 3.8) is 0 Å².